The fourth-order valence-corrected chi connectivity index (χ4v) is 2.16. The Balaban J connectivity index is 1.75. The van der Waals surface area contributed by atoms with Crippen LogP contribution in [0.3, 0.4) is 0 Å². The van der Waals surface area contributed by atoms with Gasteiger partial charge in [-0.25, -0.2) is 4.98 Å². The maximum Gasteiger partial charge on any atom is 0.224 e. The van der Waals surface area contributed by atoms with Gasteiger partial charge in [0.15, 0.2) is 11.5 Å². The number of nitrogens with two attached hydrogens (primary N) is 1. The molecule has 7 heteroatoms. The first kappa shape index (κ1) is 11.2. The molecule has 0 radical (unpaired) electrons. The molecule has 0 saturated carbocycles. The van der Waals surface area contributed by atoms with Crippen LogP contribution in [0, 0.1) is 0 Å². The van der Waals surface area contributed by atoms with Crippen molar-refractivity contribution >= 4 is 22.9 Å². The van der Waals surface area contributed by atoms with E-state index in [9.17, 15) is 0 Å². The summed E-state index contributed by atoms with van der Waals surface area (Å²) in [6.07, 6.45) is 5.29. The van der Waals surface area contributed by atoms with Crippen molar-refractivity contribution < 1.29 is 4.74 Å². The molecule has 2 aromatic rings. The first-order valence-electron chi connectivity index (χ1n) is 6.15. The summed E-state index contributed by atoms with van der Waals surface area (Å²) >= 11 is 0. The SMILES string of the molecule is Nc1nc(NCC2CCCCO2)c2[nH]cnc2n1. The highest BCUT2D eigenvalue weighted by Gasteiger charge is 2.15. The zero-order chi connectivity index (χ0) is 12.4. The van der Waals surface area contributed by atoms with Crippen LogP contribution in [0.1, 0.15) is 19.3 Å². The number of imidazole rings is 1. The van der Waals surface area contributed by atoms with Gasteiger partial charge in [-0.05, 0) is 19.3 Å². The number of rotatable bonds is 3. The van der Waals surface area contributed by atoms with Gasteiger partial charge in [0.1, 0.15) is 5.52 Å². The molecule has 1 atom stereocenters. The Morgan fingerprint density at radius 3 is 3.22 bits per heavy atom. The molecule has 7 nitrogen and oxygen atoms in total. The van der Waals surface area contributed by atoms with Crippen LogP contribution in [0.2, 0.25) is 0 Å². The number of hydrogen-bond donors (Lipinski definition) is 3. The van der Waals surface area contributed by atoms with E-state index in [0.29, 0.717) is 11.5 Å². The number of H-pyrrole nitrogens is 1. The second-order valence-corrected chi connectivity index (χ2v) is 4.40. The third-order valence-electron chi connectivity index (χ3n) is 3.07. The van der Waals surface area contributed by atoms with Gasteiger partial charge in [-0.15, -0.1) is 0 Å². The van der Waals surface area contributed by atoms with Gasteiger partial charge >= 0.3 is 0 Å². The third-order valence-corrected chi connectivity index (χ3v) is 3.07. The largest absolute Gasteiger partial charge is 0.376 e. The molecule has 0 amide bonds. The van der Waals surface area contributed by atoms with E-state index in [1.807, 2.05) is 0 Å². The van der Waals surface area contributed by atoms with Crippen molar-refractivity contribution in [1.29, 1.82) is 0 Å². The van der Waals surface area contributed by atoms with Gasteiger partial charge in [0, 0.05) is 13.2 Å². The number of ether oxygens (including phenoxy) is 1. The number of hydrogen-bond acceptors (Lipinski definition) is 6. The number of anilines is 2. The summed E-state index contributed by atoms with van der Waals surface area (Å²) < 4.78 is 5.66. The standard InChI is InChI=1S/C11H16N6O/c12-11-16-9(8-10(17-11)15-6-14-8)13-5-7-3-1-2-4-18-7/h6-7H,1-5H2,(H4,12,13,14,15,16,17). The maximum atomic E-state index is 5.66. The zero-order valence-electron chi connectivity index (χ0n) is 10.0. The van der Waals surface area contributed by atoms with Crippen molar-refractivity contribution in [2.75, 3.05) is 24.2 Å². The summed E-state index contributed by atoms with van der Waals surface area (Å²) in [6.45, 7) is 1.57. The molecule has 3 rings (SSSR count). The Bertz CT molecular complexity index is 533. The van der Waals surface area contributed by atoms with Crippen molar-refractivity contribution in [2.24, 2.45) is 0 Å². The van der Waals surface area contributed by atoms with Crippen molar-refractivity contribution in [3.05, 3.63) is 6.33 Å². The molecule has 18 heavy (non-hydrogen) atoms. The third kappa shape index (κ3) is 2.21. The van der Waals surface area contributed by atoms with E-state index < -0.39 is 0 Å². The lowest BCUT2D eigenvalue weighted by molar-refractivity contribution is 0.0247. The van der Waals surface area contributed by atoms with Gasteiger partial charge in [0.05, 0.1) is 12.4 Å². The van der Waals surface area contributed by atoms with Crippen LogP contribution < -0.4 is 11.1 Å². The summed E-state index contributed by atoms with van der Waals surface area (Å²) in [5.74, 6) is 0.908. The lowest BCUT2D eigenvalue weighted by atomic mass is 10.1. The van der Waals surface area contributed by atoms with Gasteiger partial charge in [0.2, 0.25) is 5.95 Å². The molecule has 0 spiro atoms. The fraction of sp³-hybridized carbons (Fsp3) is 0.545. The summed E-state index contributed by atoms with van der Waals surface area (Å²) in [7, 11) is 0. The minimum absolute atomic E-state index is 0.224. The van der Waals surface area contributed by atoms with Gasteiger partial charge in [0.25, 0.3) is 0 Å². The fourth-order valence-electron chi connectivity index (χ4n) is 2.16. The molecule has 1 unspecified atom stereocenters. The molecule has 1 saturated heterocycles. The van der Waals surface area contributed by atoms with Crippen molar-refractivity contribution in [2.45, 2.75) is 25.4 Å². The molecule has 1 fully saturated rings. The molecule has 4 N–H and O–H groups in total. The maximum absolute atomic E-state index is 5.66. The van der Waals surface area contributed by atoms with Crippen LogP contribution in [0.5, 0.6) is 0 Å². The van der Waals surface area contributed by atoms with Gasteiger partial charge in [-0.2, -0.15) is 9.97 Å². The molecule has 3 heterocycles. The molecule has 0 aromatic carbocycles. The topological polar surface area (TPSA) is 102 Å². The molecule has 96 valence electrons. The Labute approximate surface area is 104 Å². The summed E-state index contributed by atoms with van der Waals surface area (Å²) in [5, 5.41) is 3.26. The number of fused-ring (bicyclic) bond motifs is 1. The van der Waals surface area contributed by atoms with E-state index in [-0.39, 0.29) is 12.1 Å². The van der Waals surface area contributed by atoms with Crippen molar-refractivity contribution in [3.8, 4) is 0 Å². The highest BCUT2D eigenvalue weighted by Crippen LogP contribution is 2.19. The van der Waals surface area contributed by atoms with E-state index in [0.717, 1.165) is 31.5 Å². The molecule has 1 aliphatic heterocycles. The number of nitrogen functional groups attached to an aromatic ring is 1. The smallest absolute Gasteiger partial charge is 0.224 e. The predicted molar refractivity (Wildman–Crippen MR) is 68.2 cm³/mol. The Hall–Kier alpha value is -1.89. The number of nitrogens with zero attached hydrogens (tertiary/aromatic N) is 3. The summed E-state index contributed by atoms with van der Waals surface area (Å²) in [6, 6.07) is 0. The predicted octanol–water partition coefficient (Wildman–Crippen LogP) is 0.916. The molecule has 0 aliphatic carbocycles. The van der Waals surface area contributed by atoms with Gasteiger partial charge in [-0.3, -0.25) is 0 Å². The highest BCUT2D eigenvalue weighted by molar-refractivity contribution is 5.83. The van der Waals surface area contributed by atoms with Crippen LogP contribution in [-0.2, 0) is 4.74 Å². The van der Waals surface area contributed by atoms with E-state index in [1.165, 1.54) is 6.42 Å². The highest BCUT2D eigenvalue weighted by atomic mass is 16.5. The monoisotopic (exact) mass is 248 g/mol. The van der Waals surface area contributed by atoms with Crippen LogP contribution in [0.4, 0.5) is 11.8 Å². The van der Waals surface area contributed by atoms with Crippen LogP contribution in [0.15, 0.2) is 6.33 Å². The number of aromatic amines is 1. The van der Waals surface area contributed by atoms with E-state index in [4.69, 9.17) is 10.5 Å². The number of aromatic nitrogens is 4. The van der Waals surface area contributed by atoms with E-state index in [2.05, 4.69) is 25.3 Å². The second kappa shape index (κ2) is 4.77. The summed E-state index contributed by atoms with van der Waals surface area (Å²) in [5.41, 5.74) is 7.00. The van der Waals surface area contributed by atoms with Gasteiger partial charge in [-0.1, -0.05) is 0 Å². The van der Waals surface area contributed by atoms with Crippen molar-refractivity contribution in [1.82, 2.24) is 19.9 Å². The molecule has 1 aliphatic rings. The van der Waals surface area contributed by atoms with Crippen molar-refractivity contribution in [3.63, 3.8) is 0 Å². The Morgan fingerprint density at radius 2 is 2.39 bits per heavy atom. The molecule has 0 bridgehead atoms. The lowest BCUT2D eigenvalue weighted by Gasteiger charge is -2.22. The van der Waals surface area contributed by atoms with Crippen LogP contribution in [-0.4, -0.2) is 39.2 Å². The van der Waals surface area contributed by atoms with Gasteiger partial charge < -0.3 is 20.8 Å². The normalized spacial score (nSPS) is 20.1. The molecular formula is C11H16N6O. The van der Waals surface area contributed by atoms with E-state index in [1.54, 1.807) is 6.33 Å². The summed E-state index contributed by atoms with van der Waals surface area (Å²) in [4.78, 5) is 15.3. The molecule has 2 aromatic heterocycles. The second-order valence-electron chi connectivity index (χ2n) is 4.40. The minimum Gasteiger partial charge on any atom is -0.376 e. The average molecular weight is 248 g/mol. The Kier molecular flexibility index (Phi) is 2.97. The van der Waals surface area contributed by atoms with E-state index >= 15 is 0 Å². The minimum atomic E-state index is 0.224. The average Bonchev–Trinajstić information content (AvgIpc) is 2.85. The number of nitrogens with one attached hydrogen (secondary N) is 2. The first-order chi connectivity index (χ1) is 8.83. The van der Waals surface area contributed by atoms with Crippen LogP contribution in [0.25, 0.3) is 11.2 Å². The first-order valence-corrected chi connectivity index (χ1v) is 6.15. The lowest BCUT2D eigenvalue weighted by Crippen LogP contribution is -2.27. The molecular weight excluding hydrogens is 232 g/mol. The Morgan fingerprint density at radius 1 is 1.44 bits per heavy atom. The van der Waals surface area contributed by atoms with Crippen LogP contribution >= 0.6 is 0 Å². The quantitative estimate of drug-likeness (QED) is 0.746. The zero-order valence-corrected chi connectivity index (χ0v) is 10.0.